The van der Waals surface area contributed by atoms with Crippen LogP contribution in [0.4, 0.5) is 0 Å². The van der Waals surface area contributed by atoms with Gasteiger partial charge in [0.2, 0.25) is 0 Å². The van der Waals surface area contributed by atoms with Gasteiger partial charge in [-0.05, 0) is 36.0 Å². The van der Waals surface area contributed by atoms with Crippen molar-refractivity contribution in [1.82, 2.24) is 5.32 Å². The Kier molecular flexibility index (Phi) is 6.62. The van der Waals surface area contributed by atoms with E-state index in [4.69, 9.17) is 4.42 Å². The van der Waals surface area contributed by atoms with E-state index < -0.39 is 5.92 Å². The first kappa shape index (κ1) is 23.1. The second kappa shape index (κ2) is 9.44. The van der Waals surface area contributed by atoms with E-state index in [1.807, 2.05) is 30.3 Å². The van der Waals surface area contributed by atoms with Gasteiger partial charge in [0, 0.05) is 35.4 Å². The number of allylic oxidation sites excluding steroid dienone is 3. The Morgan fingerprint density at radius 1 is 1.21 bits per heavy atom. The van der Waals surface area contributed by atoms with Gasteiger partial charge in [0.1, 0.15) is 5.76 Å². The Hall–Kier alpha value is -3.04. The molecule has 1 aromatic heterocycles. The summed E-state index contributed by atoms with van der Waals surface area (Å²) >= 11 is 1.46. The van der Waals surface area contributed by atoms with Gasteiger partial charge in [0.05, 0.1) is 28.9 Å². The first-order valence-corrected chi connectivity index (χ1v) is 12.3. The molecule has 0 fully saturated rings. The minimum atomic E-state index is -0.489. The van der Waals surface area contributed by atoms with Crippen LogP contribution in [0.2, 0.25) is 0 Å². The molecule has 1 aromatic carbocycles. The van der Waals surface area contributed by atoms with Crippen molar-refractivity contribution in [2.45, 2.75) is 57.8 Å². The number of rotatable bonds is 6. The molecule has 4 rings (SSSR count). The first-order valence-electron chi connectivity index (χ1n) is 11.3. The zero-order valence-electron chi connectivity index (χ0n) is 19.2. The van der Waals surface area contributed by atoms with Gasteiger partial charge in [-0.15, -0.1) is 11.8 Å². The number of carbonyl (C=O) groups excluding carboxylic acids is 2. The summed E-state index contributed by atoms with van der Waals surface area (Å²) in [7, 11) is 0. The van der Waals surface area contributed by atoms with E-state index in [2.05, 4.69) is 32.2 Å². The van der Waals surface area contributed by atoms with Crippen LogP contribution < -0.4 is 5.32 Å². The second-order valence-electron chi connectivity index (χ2n) is 9.45. The Morgan fingerprint density at radius 3 is 2.61 bits per heavy atom. The number of furan rings is 1. The van der Waals surface area contributed by atoms with Gasteiger partial charge >= 0.3 is 0 Å². The molecule has 0 saturated carbocycles. The standard InChI is InChI=1S/C27H28N2O3S/c1-27(2,3)18-11-9-17(10-12-18)21(30)13-15-33-26-19(16-28)24(23-8-5-14-32-23)25-20(29-26)6-4-7-22(25)31/h5,8-12,14,24,29H,4,6-7,13,15H2,1-3H3/t24-/m1/s1. The number of Topliss-reactive ketones (excluding diaryl/α,β-unsaturated/α-hetero) is 2. The molecule has 170 valence electrons. The highest BCUT2D eigenvalue weighted by Crippen LogP contribution is 2.44. The van der Waals surface area contributed by atoms with Crippen LogP contribution in [0, 0.1) is 11.3 Å². The maximum atomic E-state index is 12.7. The summed E-state index contributed by atoms with van der Waals surface area (Å²) < 4.78 is 5.62. The van der Waals surface area contributed by atoms with Gasteiger partial charge in [-0.1, -0.05) is 45.0 Å². The number of hydrogen-bond acceptors (Lipinski definition) is 6. The van der Waals surface area contributed by atoms with E-state index in [0.29, 0.717) is 46.1 Å². The first-order chi connectivity index (χ1) is 15.8. The smallest absolute Gasteiger partial charge is 0.163 e. The molecule has 0 radical (unpaired) electrons. The molecule has 1 N–H and O–H groups in total. The summed E-state index contributed by atoms with van der Waals surface area (Å²) in [5.41, 5.74) is 3.93. The summed E-state index contributed by atoms with van der Waals surface area (Å²) in [6.45, 7) is 6.44. The second-order valence-corrected chi connectivity index (χ2v) is 10.6. The molecule has 0 spiro atoms. The Balaban J connectivity index is 1.50. The molecule has 1 aliphatic carbocycles. The third-order valence-corrected chi connectivity index (χ3v) is 7.16. The number of dihydropyridines is 1. The molecule has 1 atom stereocenters. The largest absolute Gasteiger partial charge is 0.468 e. The third kappa shape index (κ3) is 4.84. The zero-order chi connectivity index (χ0) is 23.6. The predicted octanol–water partition coefficient (Wildman–Crippen LogP) is 6.01. The predicted molar refractivity (Wildman–Crippen MR) is 130 cm³/mol. The van der Waals surface area contributed by atoms with Gasteiger partial charge < -0.3 is 9.73 Å². The average Bonchev–Trinajstić information content (AvgIpc) is 3.32. The normalized spacial score (nSPS) is 18.6. The minimum absolute atomic E-state index is 0.0445. The van der Waals surface area contributed by atoms with Crippen molar-refractivity contribution < 1.29 is 14.0 Å². The molecule has 0 saturated heterocycles. The van der Waals surface area contributed by atoms with Crippen molar-refractivity contribution in [2.24, 2.45) is 0 Å². The fourth-order valence-electron chi connectivity index (χ4n) is 4.32. The monoisotopic (exact) mass is 460 g/mol. The molecule has 33 heavy (non-hydrogen) atoms. The van der Waals surface area contributed by atoms with Crippen LogP contribution in [0.25, 0.3) is 0 Å². The van der Waals surface area contributed by atoms with Gasteiger partial charge in [-0.3, -0.25) is 9.59 Å². The fourth-order valence-corrected chi connectivity index (χ4v) is 5.33. The van der Waals surface area contributed by atoms with Crippen molar-refractivity contribution in [3.05, 3.63) is 81.4 Å². The van der Waals surface area contributed by atoms with Gasteiger partial charge in [-0.2, -0.15) is 5.26 Å². The highest BCUT2D eigenvalue weighted by molar-refractivity contribution is 8.03. The van der Waals surface area contributed by atoms with E-state index >= 15 is 0 Å². The summed E-state index contributed by atoms with van der Waals surface area (Å²) in [5, 5.41) is 14.0. The van der Waals surface area contributed by atoms with Crippen molar-refractivity contribution in [1.29, 1.82) is 5.26 Å². The molecule has 1 aliphatic heterocycles. The molecule has 5 nitrogen and oxygen atoms in total. The summed E-state index contributed by atoms with van der Waals surface area (Å²) in [6, 6.07) is 13.7. The maximum absolute atomic E-state index is 12.7. The lowest BCUT2D eigenvalue weighted by molar-refractivity contribution is -0.116. The number of ketones is 2. The number of nitrogens with one attached hydrogen (secondary N) is 1. The van der Waals surface area contributed by atoms with E-state index in [1.165, 1.54) is 17.3 Å². The number of nitrogens with zero attached hydrogens (tertiary/aromatic N) is 1. The van der Waals surface area contributed by atoms with Crippen LogP contribution in [0.5, 0.6) is 0 Å². The lowest BCUT2D eigenvalue weighted by atomic mass is 9.79. The molecule has 0 amide bonds. The Morgan fingerprint density at radius 2 is 1.97 bits per heavy atom. The average molecular weight is 461 g/mol. The van der Waals surface area contributed by atoms with Crippen molar-refractivity contribution in [3.63, 3.8) is 0 Å². The number of carbonyl (C=O) groups is 2. The molecular formula is C27H28N2O3S. The minimum Gasteiger partial charge on any atom is -0.468 e. The van der Waals surface area contributed by atoms with Crippen LogP contribution >= 0.6 is 11.8 Å². The van der Waals surface area contributed by atoms with Gasteiger partial charge in [0.25, 0.3) is 0 Å². The lowest BCUT2D eigenvalue weighted by Crippen LogP contribution is -2.31. The van der Waals surface area contributed by atoms with Crippen LogP contribution in [-0.2, 0) is 10.2 Å². The topological polar surface area (TPSA) is 83.1 Å². The molecule has 2 aliphatic rings. The zero-order valence-corrected chi connectivity index (χ0v) is 20.1. The molecule has 6 heteroatoms. The Labute approximate surface area is 198 Å². The number of thioether (sulfide) groups is 1. The fraction of sp³-hybridized carbons (Fsp3) is 0.370. The van der Waals surface area contributed by atoms with Crippen molar-refractivity contribution in [2.75, 3.05) is 5.75 Å². The SMILES string of the molecule is CC(C)(C)c1ccc(C(=O)CCSC2=C(C#N)[C@H](c3ccco3)C3=C(CCCC3=O)N2)cc1. The van der Waals surface area contributed by atoms with Crippen LogP contribution in [0.3, 0.4) is 0 Å². The summed E-state index contributed by atoms with van der Waals surface area (Å²) in [4.78, 5) is 25.5. The molecule has 0 bridgehead atoms. The quantitative estimate of drug-likeness (QED) is 0.531. The molecule has 2 aromatic rings. The third-order valence-electron chi connectivity index (χ3n) is 6.14. The van der Waals surface area contributed by atoms with E-state index in [9.17, 15) is 14.9 Å². The van der Waals surface area contributed by atoms with Crippen LogP contribution in [0.1, 0.15) is 74.1 Å². The van der Waals surface area contributed by atoms with E-state index in [-0.39, 0.29) is 17.0 Å². The van der Waals surface area contributed by atoms with E-state index in [0.717, 1.165) is 18.5 Å². The van der Waals surface area contributed by atoms with Crippen LogP contribution in [0.15, 0.2) is 69.0 Å². The number of nitriles is 1. The summed E-state index contributed by atoms with van der Waals surface area (Å²) in [6.07, 6.45) is 3.97. The number of hydrogen-bond donors (Lipinski definition) is 1. The molecular weight excluding hydrogens is 432 g/mol. The highest BCUT2D eigenvalue weighted by Gasteiger charge is 2.38. The van der Waals surface area contributed by atoms with E-state index in [1.54, 1.807) is 12.3 Å². The van der Waals surface area contributed by atoms with Crippen LogP contribution in [-0.4, -0.2) is 17.3 Å². The van der Waals surface area contributed by atoms with Crippen molar-refractivity contribution >= 4 is 23.3 Å². The van der Waals surface area contributed by atoms with Crippen molar-refractivity contribution in [3.8, 4) is 6.07 Å². The lowest BCUT2D eigenvalue weighted by Gasteiger charge is -2.32. The summed E-state index contributed by atoms with van der Waals surface area (Å²) in [5.74, 6) is 0.791. The maximum Gasteiger partial charge on any atom is 0.163 e. The highest BCUT2D eigenvalue weighted by atomic mass is 32.2. The molecule has 0 unspecified atom stereocenters. The van der Waals surface area contributed by atoms with Gasteiger partial charge in [-0.25, -0.2) is 0 Å². The van der Waals surface area contributed by atoms with Gasteiger partial charge in [0.15, 0.2) is 11.6 Å². The molecule has 2 heterocycles. The Bertz CT molecular complexity index is 1160. The number of benzene rings is 1.